The molecule has 2 aliphatic rings. The molecule has 0 unspecified atom stereocenters. The van der Waals surface area contributed by atoms with Gasteiger partial charge in [0, 0.05) is 50.6 Å². The molecule has 0 radical (unpaired) electrons. The molecule has 2 fully saturated rings. The fraction of sp³-hybridized carbons (Fsp3) is 0.600. The van der Waals surface area contributed by atoms with Crippen molar-refractivity contribution in [3.8, 4) is 11.5 Å². The van der Waals surface area contributed by atoms with Crippen LogP contribution in [0, 0.1) is 0 Å². The Morgan fingerprint density at radius 2 is 1.74 bits per heavy atom. The third-order valence-electron chi connectivity index (χ3n) is 5.22. The first kappa shape index (κ1) is 21.5. The number of hydrogen-bond donors (Lipinski definition) is 0. The predicted molar refractivity (Wildman–Crippen MR) is 106 cm³/mol. The second-order valence-electron chi connectivity index (χ2n) is 6.99. The standard InChI is InChI=1S/C20H28N2O4.ClH/c1-25-18-8-4-15(14-19(18)26-2)17(23)7-9-20(24)22-11-3-10-21(12-13-22)16-5-6-16;/h4,8,14,16H,3,5-7,9-13H2,1-2H3;1H. The Labute approximate surface area is 167 Å². The molecule has 1 heterocycles. The highest BCUT2D eigenvalue weighted by Crippen LogP contribution is 2.29. The number of ketones is 1. The lowest BCUT2D eigenvalue weighted by Crippen LogP contribution is -2.35. The van der Waals surface area contributed by atoms with E-state index in [4.69, 9.17) is 9.47 Å². The van der Waals surface area contributed by atoms with Crippen LogP contribution in [0.25, 0.3) is 0 Å². The minimum atomic E-state index is -0.0475. The molecule has 1 saturated heterocycles. The van der Waals surface area contributed by atoms with Gasteiger partial charge in [0.15, 0.2) is 17.3 Å². The van der Waals surface area contributed by atoms with Crippen molar-refractivity contribution in [2.24, 2.45) is 0 Å². The average Bonchev–Trinajstić information content (AvgIpc) is 3.51. The Morgan fingerprint density at radius 1 is 1.00 bits per heavy atom. The number of carbonyl (C=O) groups excluding carboxylic acids is 2. The number of benzene rings is 1. The van der Waals surface area contributed by atoms with Crippen molar-refractivity contribution in [3.63, 3.8) is 0 Å². The Morgan fingerprint density at radius 3 is 2.41 bits per heavy atom. The van der Waals surface area contributed by atoms with Crippen LogP contribution in [-0.2, 0) is 4.79 Å². The van der Waals surface area contributed by atoms with E-state index < -0.39 is 0 Å². The molecule has 1 amide bonds. The van der Waals surface area contributed by atoms with Crippen molar-refractivity contribution >= 4 is 24.1 Å². The summed E-state index contributed by atoms with van der Waals surface area (Å²) in [4.78, 5) is 29.4. The maximum Gasteiger partial charge on any atom is 0.223 e. The largest absolute Gasteiger partial charge is 0.493 e. The lowest BCUT2D eigenvalue weighted by atomic mass is 10.1. The van der Waals surface area contributed by atoms with Gasteiger partial charge in [0.1, 0.15) is 0 Å². The zero-order chi connectivity index (χ0) is 18.5. The van der Waals surface area contributed by atoms with E-state index in [-0.39, 0.29) is 36.9 Å². The van der Waals surface area contributed by atoms with Crippen LogP contribution in [0.5, 0.6) is 11.5 Å². The van der Waals surface area contributed by atoms with Crippen LogP contribution in [0.4, 0.5) is 0 Å². The van der Waals surface area contributed by atoms with E-state index >= 15 is 0 Å². The number of ether oxygens (including phenoxy) is 2. The first-order valence-corrected chi connectivity index (χ1v) is 9.39. The summed E-state index contributed by atoms with van der Waals surface area (Å²) in [5.41, 5.74) is 0.547. The lowest BCUT2D eigenvalue weighted by molar-refractivity contribution is -0.131. The van der Waals surface area contributed by atoms with Crippen molar-refractivity contribution in [1.29, 1.82) is 0 Å². The highest BCUT2D eigenvalue weighted by atomic mass is 35.5. The Kier molecular flexibility index (Phi) is 7.92. The quantitative estimate of drug-likeness (QED) is 0.663. The SMILES string of the molecule is COc1ccc(C(=O)CCC(=O)N2CCCN(C3CC3)CC2)cc1OC.Cl. The van der Waals surface area contributed by atoms with Crippen molar-refractivity contribution in [2.75, 3.05) is 40.4 Å². The molecule has 1 aromatic carbocycles. The lowest BCUT2D eigenvalue weighted by Gasteiger charge is -2.21. The smallest absolute Gasteiger partial charge is 0.223 e. The number of carbonyl (C=O) groups is 2. The molecule has 1 aromatic rings. The topological polar surface area (TPSA) is 59.1 Å². The van der Waals surface area contributed by atoms with Gasteiger partial charge in [-0.25, -0.2) is 0 Å². The Balaban J connectivity index is 0.00000261. The zero-order valence-electron chi connectivity index (χ0n) is 16.1. The normalized spacial score (nSPS) is 17.6. The number of amides is 1. The number of rotatable bonds is 7. The molecule has 0 atom stereocenters. The highest BCUT2D eigenvalue weighted by Gasteiger charge is 2.30. The van der Waals surface area contributed by atoms with Crippen LogP contribution in [0.2, 0.25) is 0 Å². The van der Waals surface area contributed by atoms with Gasteiger partial charge in [-0.3, -0.25) is 14.5 Å². The number of halogens is 1. The molecule has 27 heavy (non-hydrogen) atoms. The third-order valence-corrected chi connectivity index (χ3v) is 5.22. The second kappa shape index (κ2) is 9.95. The van der Waals surface area contributed by atoms with Crippen LogP contribution in [0.3, 0.4) is 0 Å². The molecule has 0 bridgehead atoms. The van der Waals surface area contributed by atoms with E-state index in [2.05, 4.69) is 4.90 Å². The summed E-state index contributed by atoms with van der Waals surface area (Å²) in [5.74, 6) is 1.15. The maximum absolute atomic E-state index is 12.5. The van der Waals surface area contributed by atoms with Gasteiger partial charge in [0.2, 0.25) is 5.91 Å². The van der Waals surface area contributed by atoms with E-state index in [1.807, 2.05) is 4.90 Å². The van der Waals surface area contributed by atoms with Gasteiger partial charge in [-0.05, 0) is 37.5 Å². The number of Topliss-reactive ketones (excluding diaryl/α,β-unsaturated/α-hetero) is 1. The third kappa shape index (κ3) is 5.59. The summed E-state index contributed by atoms with van der Waals surface area (Å²) in [7, 11) is 3.10. The van der Waals surface area contributed by atoms with Crippen LogP contribution < -0.4 is 9.47 Å². The predicted octanol–water partition coefficient (Wildman–Crippen LogP) is 2.79. The summed E-state index contributed by atoms with van der Waals surface area (Å²) in [6.45, 7) is 3.62. The summed E-state index contributed by atoms with van der Waals surface area (Å²) in [6.07, 6.45) is 4.10. The molecule has 0 aromatic heterocycles. The summed E-state index contributed by atoms with van der Waals surface area (Å²) >= 11 is 0. The molecule has 0 N–H and O–H groups in total. The minimum Gasteiger partial charge on any atom is -0.493 e. The monoisotopic (exact) mass is 396 g/mol. The van der Waals surface area contributed by atoms with E-state index in [1.165, 1.54) is 12.8 Å². The van der Waals surface area contributed by atoms with Crippen molar-refractivity contribution in [2.45, 2.75) is 38.1 Å². The number of nitrogens with zero attached hydrogens (tertiary/aromatic N) is 2. The molecular formula is C20H29ClN2O4. The highest BCUT2D eigenvalue weighted by molar-refractivity contribution is 5.98. The Hall–Kier alpha value is -1.79. The molecule has 150 valence electrons. The summed E-state index contributed by atoms with van der Waals surface area (Å²) in [5, 5.41) is 0. The summed E-state index contributed by atoms with van der Waals surface area (Å²) < 4.78 is 10.4. The van der Waals surface area contributed by atoms with E-state index in [9.17, 15) is 9.59 Å². The van der Waals surface area contributed by atoms with Gasteiger partial charge in [0.25, 0.3) is 0 Å². The second-order valence-corrected chi connectivity index (χ2v) is 6.99. The first-order chi connectivity index (χ1) is 12.6. The van der Waals surface area contributed by atoms with Crippen molar-refractivity contribution < 1.29 is 19.1 Å². The number of hydrogen-bond acceptors (Lipinski definition) is 5. The molecule has 3 rings (SSSR count). The molecule has 1 saturated carbocycles. The Bertz CT molecular complexity index is 663. The summed E-state index contributed by atoms with van der Waals surface area (Å²) in [6, 6.07) is 5.85. The molecule has 0 spiro atoms. The number of methoxy groups -OCH3 is 2. The van der Waals surface area contributed by atoms with Crippen LogP contribution in [0.1, 0.15) is 42.5 Å². The van der Waals surface area contributed by atoms with E-state index in [0.717, 1.165) is 38.6 Å². The van der Waals surface area contributed by atoms with Crippen LogP contribution in [-0.4, -0.2) is 67.9 Å². The first-order valence-electron chi connectivity index (χ1n) is 9.39. The zero-order valence-corrected chi connectivity index (χ0v) is 16.9. The fourth-order valence-electron chi connectivity index (χ4n) is 3.52. The van der Waals surface area contributed by atoms with Gasteiger partial charge < -0.3 is 14.4 Å². The molecular weight excluding hydrogens is 368 g/mol. The van der Waals surface area contributed by atoms with Gasteiger partial charge in [0.05, 0.1) is 14.2 Å². The van der Waals surface area contributed by atoms with Crippen LogP contribution >= 0.6 is 12.4 Å². The maximum atomic E-state index is 12.5. The molecule has 1 aliphatic heterocycles. The van der Waals surface area contributed by atoms with E-state index in [1.54, 1.807) is 32.4 Å². The van der Waals surface area contributed by atoms with Crippen molar-refractivity contribution in [3.05, 3.63) is 23.8 Å². The van der Waals surface area contributed by atoms with E-state index in [0.29, 0.717) is 17.1 Å². The van der Waals surface area contributed by atoms with Crippen LogP contribution in [0.15, 0.2) is 18.2 Å². The average molecular weight is 397 g/mol. The fourth-order valence-corrected chi connectivity index (χ4v) is 3.52. The van der Waals surface area contributed by atoms with Crippen molar-refractivity contribution in [1.82, 2.24) is 9.80 Å². The molecule has 7 heteroatoms. The minimum absolute atomic E-state index is 0. The molecule has 1 aliphatic carbocycles. The van der Waals surface area contributed by atoms with Gasteiger partial charge in [-0.1, -0.05) is 0 Å². The van der Waals surface area contributed by atoms with Gasteiger partial charge in [-0.15, -0.1) is 12.4 Å². The van der Waals surface area contributed by atoms with Gasteiger partial charge in [-0.2, -0.15) is 0 Å². The van der Waals surface area contributed by atoms with Gasteiger partial charge >= 0.3 is 0 Å². The molecule has 6 nitrogen and oxygen atoms in total.